The Balaban J connectivity index is 0.000000192. The lowest BCUT2D eigenvalue weighted by molar-refractivity contribution is -0.384. The molecule has 8 nitrogen and oxygen atoms in total. The number of nitrogen functional groups attached to an aromatic ring is 1. The van der Waals surface area contributed by atoms with Crippen LogP contribution in [0.3, 0.4) is 0 Å². The quantitative estimate of drug-likeness (QED) is 0.234. The summed E-state index contributed by atoms with van der Waals surface area (Å²) in [4.78, 5) is 18.6. The molecule has 0 spiro atoms. The predicted molar refractivity (Wildman–Crippen MR) is 133 cm³/mol. The maximum absolute atomic E-state index is 10.7. The van der Waals surface area contributed by atoms with Crippen LogP contribution >= 0.6 is 0 Å². The van der Waals surface area contributed by atoms with Crippen molar-refractivity contribution >= 4 is 11.4 Å². The van der Waals surface area contributed by atoms with Gasteiger partial charge in [-0.15, -0.1) is 0 Å². The van der Waals surface area contributed by atoms with Crippen LogP contribution in [0.4, 0.5) is 11.4 Å². The number of nitrogens with zero attached hydrogens (tertiary/aromatic N) is 3. The Bertz CT molecular complexity index is 1310. The van der Waals surface area contributed by atoms with Crippen LogP contribution in [-0.2, 0) is 0 Å². The molecule has 2 heterocycles. The number of nitrogens with two attached hydrogens (primary N) is 1. The largest absolute Gasteiger partial charge is 0.496 e. The molecular formula is C26H26N4O4. The topological polar surface area (TPSA) is 113 Å². The minimum absolute atomic E-state index is 0.0152. The van der Waals surface area contributed by atoms with Crippen molar-refractivity contribution in [2.75, 3.05) is 20.0 Å². The van der Waals surface area contributed by atoms with E-state index in [0.29, 0.717) is 11.4 Å². The molecule has 0 saturated carbocycles. The molecule has 34 heavy (non-hydrogen) atoms. The maximum Gasteiger partial charge on any atom is 0.273 e. The molecule has 2 N–H and O–H groups in total. The van der Waals surface area contributed by atoms with Gasteiger partial charge in [0.25, 0.3) is 5.69 Å². The molecule has 4 rings (SSSR count). The summed E-state index contributed by atoms with van der Waals surface area (Å²) >= 11 is 0. The standard InChI is InChI=1S/C13H12N2O3.C13H14N2O/c1-9-7-10(5-6-14-9)12-4-3-11(15(16)17)8-13(12)18-2;1-9-7-10(5-6-15-9)12-4-3-11(14)8-13(12)16-2/h3-8H,1-2H3;3-8H,14H2,1-2H3. The zero-order valence-electron chi connectivity index (χ0n) is 19.5. The van der Waals surface area contributed by atoms with Crippen molar-refractivity contribution in [2.45, 2.75) is 13.8 Å². The van der Waals surface area contributed by atoms with Crippen LogP contribution in [0.2, 0.25) is 0 Å². The number of non-ortho nitro benzene ring substituents is 1. The van der Waals surface area contributed by atoms with Crippen molar-refractivity contribution in [1.82, 2.24) is 9.97 Å². The van der Waals surface area contributed by atoms with Crippen LogP contribution in [0, 0.1) is 24.0 Å². The van der Waals surface area contributed by atoms with Crippen molar-refractivity contribution in [3.8, 4) is 33.8 Å². The number of anilines is 1. The van der Waals surface area contributed by atoms with E-state index in [1.54, 1.807) is 25.6 Å². The summed E-state index contributed by atoms with van der Waals surface area (Å²) in [6, 6.07) is 18.0. The highest BCUT2D eigenvalue weighted by atomic mass is 16.6. The summed E-state index contributed by atoms with van der Waals surface area (Å²) < 4.78 is 10.5. The van der Waals surface area contributed by atoms with Gasteiger partial charge in [0.1, 0.15) is 11.5 Å². The van der Waals surface area contributed by atoms with Gasteiger partial charge >= 0.3 is 0 Å². The predicted octanol–water partition coefficient (Wildman–Crippen LogP) is 5.62. The van der Waals surface area contributed by atoms with E-state index in [9.17, 15) is 10.1 Å². The van der Waals surface area contributed by atoms with E-state index in [4.69, 9.17) is 15.2 Å². The first kappa shape index (κ1) is 24.2. The first-order chi connectivity index (χ1) is 16.3. The molecule has 0 bridgehead atoms. The average Bonchev–Trinajstić information content (AvgIpc) is 2.83. The number of methoxy groups -OCH3 is 2. The molecule has 0 radical (unpaired) electrons. The number of benzene rings is 2. The summed E-state index contributed by atoms with van der Waals surface area (Å²) in [5, 5.41) is 10.7. The van der Waals surface area contributed by atoms with E-state index in [-0.39, 0.29) is 5.69 Å². The van der Waals surface area contributed by atoms with Gasteiger partial charge in [-0.3, -0.25) is 20.1 Å². The van der Waals surface area contributed by atoms with Gasteiger partial charge in [0.05, 0.1) is 25.2 Å². The van der Waals surface area contributed by atoms with Gasteiger partial charge in [-0.1, -0.05) is 0 Å². The molecule has 0 saturated heterocycles. The molecule has 0 aliphatic rings. The third-order valence-electron chi connectivity index (χ3n) is 5.04. The fourth-order valence-electron chi connectivity index (χ4n) is 3.40. The number of rotatable bonds is 5. The summed E-state index contributed by atoms with van der Waals surface area (Å²) in [6.07, 6.45) is 3.49. The minimum Gasteiger partial charge on any atom is -0.496 e. The van der Waals surface area contributed by atoms with E-state index >= 15 is 0 Å². The fraction of sp³-hybridized carbons (Fsp3) is 0.154. The van der Waals surface area contributed by atoms with Gasteiger partial charge in [-0.25, -0.2) is 0 Å². The number of hydrogen-bond donors (Lipinski definition) is 1. The molecule has 0 fully saturated rings. The number of ether oxygens (including phenoxy) is 2. The van der Waals surface area contributed by atoms with E-state index in [1.807, 2.05) is 56.3 Å². The first-order valence-electron chi connectivity index (χ1n) is 10.4. The molecule has 2 aromatic carbocycles. The number of nitro benzene ring substituents is 1. The monoisotopic (exact) mass is 458 g/mol. The second kappa shape index (κ2) is 10.9. The molecule has 2 aromatic heterocycles. The van der Waals surface area contributed by atoms with Gasteiger partial charge in [0.2, 0.25) is 0 Å². The Morgan fingerprint density at radius 3 is 1.74 bits per heavy atom. The summed E-state index contributed by atoms with van der Waals surface area (Å²) in [6.45, 7) is 3.86. The third-order valence-corrected chi connectivity index (χ3v) is 5.04. The van der Waals surface area contributed by atoms with Crippen LogP contribution in [0.25, 0.3) is 22.3 Å². The maximum atomic E-state index is 10.7. The van der Waals surface area contributed by atoms with E-state index in [1.165, 1.54) is 19.2 Å². The number of aryl methyl sites for hydroxylation is 2. The van der Waals surface area contributed by atoms with Gasteiger partial charge < -0.3 is 15.2 Å². The molecule has 174 valence electrons. The van der Waals surface area contributed by atoms with Crippen molar-refractivity contribution in [1.29, 1.82) is 0 Å². The third kappa shape index (κ3) is 5.86. The van der Waals surface area contributed by atoms with Crippen molar-refractivity contribution in [2.24, 2.45) is 0 Å². The van der Waals surface area contributed by atoms with Gasteiger partial charge in [-0.05, 0) is 67.4 Å². The number of nitro groups is 1. The zero-order chi connectivity index (χ0) is 24.7. The van der Waals surface area contributed by atoms with E-state index < -0.39 is 4.92 Å². The molecule has 8 heteroatoms. The van der Waals surface area contributed by atoms with E-state index in [2.05, 4.69) is 9.97 Å². The highest BCUT2D eigenvalue weighted by Crippen LogP contribution is 2.33. The van der Waals surface area contributed by atoms with Crippen molar-refractivity contribution in [3.05, 3.63) is 94.6 Å². The average molecular weight is 459 g/mol. The van der Waals surface area contributed by atoms with Crippen LogP contribution in [0.15, 0.2) is 73.1 Å². The second-order valence-corrected chi connectivity index (χ2v) is 7.47. The summed E-state index contributed by atoms with van der Waals surface area (Å²) in [7, 11) is 3.14. The van der Waals surface area contributed by atoms with Crippen LogP contribution in [0.5, 0.6) is 11.5 Å². The molecule has 0 atom stereocenters. The lowest BCUT2D eigenvalue weighted by atomic mass is 10.0. The van der Waals surface area contributed by atoms with Gasteiger partial charge in [0, 0.05) is 52.7 Å². The van der Waals surface area contributed by atoms with Gasteiger partial charge in [-0.2, -0.15) is 0 Å². The molecular weight excluding hydrogens is 432 g/mol. The van der Waals surface area contributed by atoms with Crippen molar-refractivity contribution < 1.29 is 14.4 Å². The minimum atomic E-state index is -0.440. The zero-order valence-corrected chi connectivity index (χ0v) is 19.5. The fourth-order valence-corrected chi connectivity index (χ4v) is 3.40. The van der Waals surface area contributed by atoms with Crippen LogP contribution in [0.1, 0.15) is 11.4 Å². The number of hydrogen-bond acceptors (Lipinski definition) is 7. The summed E-state index contributed by atoms with van der Waals surface area (Å²) in [5.74, 6) is 1.26. The molecule has 0 aliphatic heterocycles. The first-order valence-corrected chi connectivity index (χ1v) is 10.4. The van der Waals surface area contributed by atoms with Crippen LogP contribution < -0.4 is 15.2 Å². The lowest BCUT2D eigenvalue weighted by Gasteiger charge is -2.09. The smallest absolute Gasteiger partial charge is 0.273 e. The highest BCUT2D eigenvalue weighted by Gasteiger charge is 2.12. The molecule has 0 aliphatic carbocycles. The second-order valence-electron chi connectivity index (χ2n) is 7.47. The molecule has 4 aromatic rings. The summed E-state index contributed by atoms with van der Waals surface area (Å²) in [5.41, 5.74) is 12.2. The normalized spacial score (nSPS) is 10.1. The molecule has 0 amide bonds. The Morgan fingerprint density at radius 2 is 1.26 bits per heavy atom. The van der Waals surface area contributed by atoms with Crippen LogP contribution in [-0.4, -0.2) is 29.1 Å². The Hall–Kier alpha value is -4.46. The Labute approximate surface area is 198 Å². The van der Waals surface area contributed by atoms with Crippen molar-refractivity contribution in [3.63, 3.8) is 0 Å². The molecule has 0 unspecified atom stereocenters. The lowest BCUT2D eigenvalue weighted by Crippen LogP contribution is -1.93. The highest BCUT2D eigenvalue weighted by molar-refractivity contribution is 5.73. The number of pyridine rings is 2. The Kier molecular flexibility index (Phi) is 7.76. The number of aromatic nitrogens is 2. The van der Waals surface area contributed by atoms with Gasteiger partial charge in [0.15, 0.2) is 0 Å². The SMILES string of the molecule is COc1cc(N)ccc1-c1ccnc(C)c1.COc1cc([N+](=O)[O-])ccc1-c1ccnc(C)c1. The Morgan fingerprint density at radius 1 is 0.765 bits per heavy atom. The van der Waals surface area contributed by atoms with E-state index in [0.717, 1.165) is 39.4 Å².